The van der Waals surface area contributed by atoms with Gasteiger partial charge in [0.25, 0.3) is 0 Å². The first-order chi connectivity index (χ1) is 11.8. The van der Waals surface area contributed by atoms with E-state index < -0.39 is 0 Å². The average Bonchev–Trinajstić information content (AvgIpc) is 2.63. The third-order valence-corrected chi connectivity index (χ3v) is 4.30. The van der Waals surface area contributed by atoms with Crippen molar-refractivity contribution < 1.29 is 9.53 Å². The monoisotopic (exact) mass is 324 g/mol. The second-order valence-electron chi connectivity index (χ2n) is 6.19. The van der Waals surface area contributed by atoms with Gasteiger partial charge in [-0.2, -0.15) is 0 Å². The van der Waals surface area contributed by atoms with Crippen LogP contribution < -0.4 is 0 Å². The van der Waals surface area contributed by atoms with Crippen molar-refractivity contribution in [1.29, 1.82) is 0 Å². The molecular weight excluding hydrogens is 296 g/mol. The van der Waals surface area contributed by atoms with Gasteiger partial charge in [0.2, 0.25) is 0 Å². The minimum Gasteiger partial charge on any atom is -0.466 e. The number of hydrogen-bond donors (Lipinski definition) is 0. The third-order valence-electron chi connectivity index (χ3n) is 4.30. The Morgan fingerprint density at radius 3 is 2.00 bits per heavy atom. The Morgan fingerprint density at radius 1 is 0.875 bits per heavy atom. The second-order valence-corrected chi connectivity index (χ2v) is 6.19. The number of ether oxygens (including phenoxy) is 1. The van der Waals surface area contributed by atoms with E-state index in [0.29, 0.717) is 13.0 Å². The van der Waals surface area contributed by atoms with E-state index in [4.69, 9.17) is 4.74 Å². The van der Waals surface area contributed by atoms with Crippen LogP contribution in [0.5, 0.6) is 0 Å². The molecule has 0 spiro atoms. The van der Waals surface area contributed by atoms with Crippen molar-refractivity contribution in [3.05, 3.63) is 71.8 Å². The zero-order chi connectivity index (χ0) is 17.0. The van der Waals surface area contributed by atoms with E-state index in [1.54, 1.807) is 0 Å². The van der Waals surface area contributed by atoms with E-state index in [2.05, 4.69) is 55.5 Å². The van der Waals surface area contributed by atoms with Crippen LogP contribution in [0.15, 0.2) is 60.7 Å². The molecule has 0 aliphatic carbocycles. The fourth-order valence-corrected chi connectivity index (χ4v) is 2.95. The highest BCUT2D eigenvalue weighted by molar-refractivity contribution is 5.69. The van der Waals surface area contributed by atoms with Gasteiger partial charge in [0, 0.05) is 12.3 Å². The van der Waals surface area contributed by atoms with Gasteiger partial charge in [-0.1, -0.05) is 86.8 Å². The molecule has 0 radical (unpaired) electrons. The molecule has 128 valence electrons. The van der Waals surface area contributed by atoms with Crippen molar-refractivity contribution in [1.82, 2.24) is 0 Å². The smallest absolute Gasteiger partial charge is 0.305 e. The van der Waals surface area contributed by atoms with Gasteiger partial charge in [-0.25, -0.2) is 0 Å². The first-order valence-corrected chi connectivity index (χ1v) is 9.06. The molecule has 2 aromatic rings. The number of carbonyl (C=O) groups excluding carboxylic acids is 1. The van der Waals surface area contributed by atoms with Gasteiger partial charge >= 0.3 is 5.97 Å². The molecule has 24 heavy (non-hydrogen) atoms. The van der Waals surface area contributed by atoms with Gasteiger partial charge in [-0.05, 0) is 24.0 Å². The van der Waals surface area contributed by atoms with E-state index in [1.165, 1.54) is 24.0 Å². The average molecular weight is 324 g/mol. The lowest BCUT2D eigenvalue weighted by Crippen LogP contribution is -2.09. The maximum absolute atomic E-state index is 12.0. The molecule has 0 bridgehead atoms. The van der Waals surface area contributed by atoms with Gasteiger partial charge < -0.3 is 4.74 Å². The molecule has 0 aromatic heterocycles. The summed E-state index contributed by atoms with van der Waals surface area (Å²) in [5.41, 5.74) is 2.50. The Hall–Kier alpha value is -2.09. The zero-order valence-electron chi connectivity index (χ0n) is 14.6. The highest BCUT2D eigenvalue weighted by Gasteiger charge is 2.16. The lowest BCUT2D eigenvalue weighted by molar-refractivity contribution is -0.143. The Labute approximate surface area is 145 Å². The summed E-state index contributed by atoms with van der Waals surface area (Å²) in [6.07, 6.45) is 5.76. The van der Waals surface area contributed by atoms with E-state index in [1.807, 2.05) is 12.1 Å². The van der Waals surface area contributed by atoms with Crippen molar-refractivity contribution in [2.75, 3.05) is 6.61 Å². The van der Waals surface area contributed by atoms with Gasteiger partial charge in [-0.3, -0.25) is 4.79 Å². The molecule has 0 saturated carbocycles. The second kappa shape index (κ2) is 10.6. The number of benzene rings is 2. The van der Waals surface area contributed by atoms with Crippen LogP contribution in [0.3, 0.4) is 0 Å². The number of unbranched alkanes of at least 4 members (excludes halogenated alkanes) is 3. The third kappa shape index (κ3) is 6.19. The summed E-state index contributed by atoms with van der Waals surface area (Å²) >= 11 is 0. The van der Waals surface area contributed by atoms with Crippen molar-refractivity contribution in [2.45, 2.75) is 51.4 Å². The standard InChI is InChI=1S/C22H28O2/c1-2-3-4-11-18-24-22(23)17-16-21(19-12-7-5-8-13-19)20-14-9-6-10-15-20/h5-10,12-15,21H,2-4,11,16-18H2,1H3. The summed E-state index contributed by atoms with van der Waals surface area (Å²) in [6, 6.07) is 20.8. The van der Waals surface area contributed by atoms with Gasteiger partial charge in [0.1, 0.15) is 0 Å². The largest absolute Gasteiger partial charge is 0.466 e. The van der Waals surface area contributed by atoms with Gasteiger partial charge in [0.05, 0.1) is 6.61 Å². The first-order valence-electron chi connectivity index (χ1n) is 9.06. The zero-order valence-corrected chi connectivity index (χ0v) is 14.6. The first kappa shape index (κ1) is 18.3. The highest BCUT2D eigenvalue weighted by Crippen LogP contribution is 2.29. The lowest BCUT2D eigenvalue weighted by atomic mass is 9.87. The topological polar surface area (TPSA) is 26.3 Å². The number of carbonyl (C=O) groups is 1. The minimum absolute atomic E-state index is 0.0802. The summed E-state index contributed by atoms with van der Waals surface area (Å²) in [5.74, 6) is 0.156. The summed E-state index contributed by atoms with van der Waals surface area (Å²) < 4.78 is 5.37. The van der Waals surface area contributed by atoms with Crippen LogP contribution in [0.1, 0.15) is 62.5 Å². The van der Waals surface area contributed by atoms with Crippen molar-refractivity contribution in [2.24, 2.45) is 0 Å². The molecule has 2 aromatic carbocycles. The molecule has 2 nitrogen and oxygen atoms in total. The number of rotatable bonds is 10. The molecule has 0 aliphatic heterocycles. The van der Waals surface area contributed by atoms with Crippen LogP contribution in [-0.4, -0.2) is 12.6 Å². The van der Waals surface area contributed by atoms with E-state index in [-0.39, 0.29) is 11.9 Å². The van der Waals surface area contributed by atoms with Crippen LogP contribution in [-0.2, 0) is 9.53 Å². The minimum atomic E-state index is -0.0802. The molecular formula is C22H28O2. The van der Waals surface area contributed by atoms with E-state index in [0.717, 1.165) is 19.3 Å². The van der Waals surface area contributed by atoms with Crippen molar-refractivity contribution in [3.63, 3.8) is 0 Å². The number of esters is 1. The van der Waals surface area contributed by atoms with Crippen LogP contribution in [0.25, 0.3) is 0 Å². The Morgan fingerprint density at radius 2 is 1.46 bits per heavy atom. The molecule has 0 aliphatic rings. The number of hydrogen-bond acceptors (Lipinski definition) is 2. The van der Waals surface area contributed by atoms with Crippen LogP contribution in [0, 0.1) is 0 Å². The predicted octanol–water partition coefficient (Wildman–Crippen LogP) is 5.72. The summed E-state index contributed by atoms with van der Waals surface area (Å²) in [7, 11) is 0. The molecule has 0 heterocycles. The fraction of sp³-hybridized carbons (Fsp3) is 0.409. The molecule has 0 amide bonds. The molecule has 0 N–H and O–H groups in total. The Kier molecular flexibility index (Phi) is 8.09. The maximum Gasteiger partial charge on any atom is 0.305 e. The molecule has 2 heteroatoms. The summed E-state index contributed by atoms with van der Waals surface area (Å²) in [4.78, 5) is 12.0. The lowest BCUT2D eigenvalue weighted by Gasteiger charge is -2.17. The van der Waals surface area contributed by atoms with Crippen molar-refractivity contribution >= 4 is 5.97 Å². The fourth-order valence-electron chi connectivity index (χ4n) is 2.95. The summed E-state index contributed by atoms with van der Waals surface area (Å²) in [5, 5.41) is 0. The normalized spacial score (nSPS) is 10.8. The predicted molar refractivity (Wildman–Crippen MR) is 99.1 cm³/mol. The van der Waals surface area contributed by atoms with E-state index >= 15 is 0 Å². The van der Waals surface area contributed by atoms with Crippen molar-refractivity contribution in [3.8, 4) is 0 Å². The summed E-state index contributed by atoms with van der Waals surface area (Å²) in [6.45, 7) is 2.74. The van der Waals surface area contributed by atoms with Gasteiger partial charge in [-0.15, -0.1) is 0 Å². The molecule has 2 rings (SSSR count). The molecule has 0 fully saturated rings. The van der Waals surface area contributed by atoms with Gasteiger partial charge in [0.15, 0.2) is 0 Å². The van der Waals surface area contributed by atoms with E-state index in [9.17, 15) is 4.79 Å². The van der Waals surface area contributed by atoms with Crippen LogP contribution >= 0.6 is 0 Å². The highest BCUT2D eigenvalue weighted by atomic mass is 16.5. The quantitative estimate of drug-likeness (QED) is 0.412. The molecule has 0 unspecified atom stereocenters. The Balaban J connectivity index is 1.89. The van der Waals surface area contributed by atoms with Crippen LogP contribution in [0.2, 0.25) is 0 Å². The molecule has 0 saturated heterocycles. The van der Waals surface area contributed by atoms with Crippen LogP contribution in [0.4, 0.5) is 0 Å². The molecule has 0 atom stereocenters. The SMILES string of the molecule is CCCCCCOC(=O)CCC(c1ccccc1)c1ccccc1. The Bertz CT molecular complexity index is 538. The maximum atomic E-state index is 12.0.